The maximum Gasteiger partial charge on any atom is 0.258 e. The van der Waals surface area contributed by atoms with Gasteiger partial charge in [0.15, 0.2) is 18.1 Å². The Bertz CT molecular complexity index is 615. The molecule has 1 aromatic carbocycles. The maximum absolute atomic E-state index is 12.2. The molecule has 0 aromatic heterocycles. The largest absolute Gasteiger partial charge is 0.484 e. The van der Waals surface area contributed by atoms with Crippen molar-refractivity contribution >= 4 is 5.91 Å². The van der Waals surface area contributed by atoms with Gasteiger partial charge in [-0.15, -0.1) is 0 Å². The quantitative estimate of drug-likeness (QED) is 0.828. The van der Waals surface area contributed by atoms with Gasteiger partial charge < -0.3 is 24.8 Å². The molecule has 2 saturated carbocycles. The maximum atomic E-state index is 12.2. The lowest BCUT2D eigenvalue weighted by Gasteiger charge is -2.41. The second-order valence-corrected chi connectivity index (χ2v) is 7.16. The molecule has 2 fully saturated rings. The highest BCUT2D eigenvalue weighted by Gasteiger charge is 2.33. The van der Waals surface area contributed by atoms with Crippen LogP contribution in [0.4, 0.5) is 0 Å². The summed E-state index contributed by atoms with van der Waals surface area (Å²) in [4.78, 5) is 12.2. The first kappa shape index (κ1) is 16.5. The van der Waals surface area contributed by atoms with Gasteiger partial charge in [0.2, 0.25) is 6.79 Å². The summed E-state index contributed by atoms with van der Waals surface area (Å²) < 4.78 is 16.2. The van der Waals surface area contributed by atoms with Gasteiger partial charge in [0.25, 0.3) is 5.91 Å². The minimum atomic E-state index is -0.0715. The second kappa shape index (κ2) is 7.52. The normalized spacial score (nSPS) is 25.3. The first-order chi connectivity index (χ1) is 12.3. The van der Waals surface area contributed by atoms with E-state index < -0.39 is 0 Å². The van der Waals surface area contributed by atoms with Gasteiger partial charge in [-0.05, 0) is 37.8 Å². The standard InChI is InChI=1S/C19H26N2O4/c22-19(11-23-14-6-9-17-18(10-14)25-12-24-17)21-16-8-7-15(16)20-13-4-2-1-3-5-13/h6,9-10,13,15-16,20H,1-5,7-8,11-12H2,(H,21,22). The number of benzene rings is 1. The van der Waals surface area contributed by atoms with E-state index in [1.807, 2.05) is 0 Å². The Kier molecular flexibility index (Phi) is 4.97. The first-order valence-electron chi connectivity index (χ1n) is 9.36. The number of carbonyl (C=O) groups is 1. The van der Waals surface area contributed by atoms with E-state index in [4.69, 9.17) is 14.2 Å². The van der Waals surface area contributed by atoms with E-state index in [0.29, 0.717) is 29.3 Å². The van der Waals surface area contributed by atoms with E-state index in [9.17, 15) is 4.79 Å². The zero-order chi connectivity index (χ0) is 17.1. The van der Waals surface area contributed by atoms with Crippen LogP contribution in [0.3, 0.4) is 0 Å². The lowest BCUT2D eigenvalue weighted by atomic mass is 9.84. The summed E-state index contributed by atoms with van der Waals surface area (Å²) in [5, 5.41) is 6.82. The Balaban J connectivity index is 1.21. The monoisotopic (exact) mass is 346 g/mol. The Labute approximate surface area is 148 Å². The van der Waals surface area contributed by atoms with E-state index in [1.165, 1.54) is 32.1 Å². The number of fused-ring (bicyclic) bond motifs is 1. The number of carbonyl (C=O) groups excluding carboxylic acids is 1. The topological polar surface area (TPSA) is 68.8 Å². The Morgan fingerprint density at radius 2 is 1.84 bits per heavy atom. The van der Waals surface area contributed by atoms with E-state index in [-0.39, 0.29) is 25.3 Å². The average molecular weight is 346 g/mol. The van der Waals surface area contributed by atoms with Crippen LogP contribution in [0.15, 0.2) is 18.2 Å². The summed E-state index contributed by atoms with van der Waals surface area (Å²) in [6, 6.07) is 6.62. The average Bonchev–Trinajstić information content (AvgIpc) is 3.10. The van der Waals surface area contributed by atoms with Gasteiger partial charge in [-0.25, -0.2) is 0 Å². The predicted octanol–water partition coefficient (Wildman–Crippen LogP) is 2.36. The van der Waals surface area contributed by atoms with Crippen molar-refractivity contribution in [3.05, 3.63) is 18.2 Å². The van der Waals surface area contributed by atoms with Gasteiger partial charge in [-0.1, -0.05) is 19.3 Å². The number of hydrogen-bond donors (Lipinski definition) is 2. The van der Waals surface area contributed by atoms with Crippen molar-refractivity contribution in [3.63, 3.8) is 0 Å². The molecule has 1 aromatic rings. The molecule has 2 unspecified atom stereocenters. The van der Waals surface area contributed by atoms with Crippen LogP contribution in [0.5, 0.6) is 17.2 Å². The first-order valence-corrected chi connectivity index (χ1v) is 9.36. The van der Waals surface area contributed by atoms with Gasteiger partial charge in [0.1, 0.15) is 5.75 Å². The van der Waals surface area contributed by atoms with Crippen molar-refractivity contribution < 1.29 is 19.0 Å². The molecule has 0 radical (unpaired) electrons. The summed E-state index contributed by atoms with van der Waals surface area (Å²) in [5.41, 5.74) is 0. The van der Waals surface area contributed by atoms with Crippen LogP contribution in [0.2, 0.25) is 0 Å². The predicted molar refractivity (Wildman–Crippen MR) is 93.0 cm³/mol. The minimum Gasteiger partial charge on any atom is -0.484 e. The highest BCUT2D eigenvalue weighted by atomic mass is 16.7. The molecule has 6 nitrogen and oxygen atoms in total. The van der Waals surface area contributed by atoms with Crippen molar-refractivity contribution in [2.75, 3.05) is 13.4 Å². The molecule has 4 rings (SSSR count). The fourth-order valence-electron chi connectivity index (χ4n) is 3.81. The summed E-state index contributed by atoms with van der Waals surface area (Å²) in [6.07, 6.45) is 8.73. The van der Waals surface area contributed by atoms with Gasteiger partial charge >= 0.3 is 0 Å². The van der Waals surface area contributed by atoms with E-state index in [2.05, 4.69) is 10.6 Å². The highest BCUT2D eigenvalue weighted by Crippen LogP contribution is 2.35. The molecule has 3 aliphatic rings. The van der Waals surface area contributed by atoms with Crippen molar-refractivity contribution in [3.8, 4) is 17.2 Å². The van der Waals surface area contributed by atoms with E-state index in [1.54, 1.807) is 18.2 Å². The van der Waals surface area contributed by atoms with Gasteiger partial charge in [0, 0.05) is 24.2 Å². The third-order valence-corrected chi connectivity index (χ3v) is 5.39. The highest BCUT2D eigenvalue weighted by molar-refractivity contribution is 5.78. The van der Waals surface area contributed by atoms with Crippen LogP contribution in [0.25, 0.3) is 0 Å². The van der Waals surface area contributed by atoms with Crippen LogP contribution in [-0.2, 0) is 4.79 Å². The summed E-state index contributed by atoms with van der Waals surface area (Å²) >= 11 is 0. The zero-order valence-electron chi connectivity index (χ0n) is 14.5. The molecule has 1 aliphatic heterocycles. The van der Waals surface area contributed by atoms with Gasteiger partial charge in [-0.3, -0.25) is 4.79 Å². The molecule has 1 amide bonds. The van der Waals surface area contributed by atoms with Crippen molar-refractivity contribution in [1.29, 1.82) is 0 Å². The molecule has 0 spiro atoms. The molecule has 2 aliphatic carbocycles. The molecule has 0 bridgehead atoms. The summed E-state index contributed by atoms with van der Waals surface area (Å²) in [7, 11) is 0. The fourth-order valence-corrected chi connectivity index (χ4v) is 3.81. The van der Waals surface area contributed by atoms with Crippen LogP contribution in [-0.4, -0.2) is 37.4 Å². The molecule has 2 atom stereocenters. The number of nitrogens with one attached hydrogen (secondary N) is 2. The van der Waals surface area contributed by atoms with Crippen LogP contribution in [0, 0.1) is 0 Å². The summed E-state index contributed by atoms with van der Waals surface area (Å²) in [5.74, 6) is 1.92. The van der Waals surface area contributed by atoms with Crippen molar-refractivity contribution in [2.45, 2.75) is 63.1 Å². The minimum absolute atomic E-state index is 0.0201. The lowest BCUT2D eigenvalue weighted by molar-refractivity contribution is -0.124. The molecule has 2 N–H and O–H groups in total. The van der Waals surface area contributed by atoms with Crippen LogP contribution < -0.4 is 24.8 Å². The number of ether oxygens (including phenoxy) is 3. The van der Waals surface area contributed by atoms with Gasteiger partial charge in [0.05, 0.1) is 0 Å². The Morgan fingerprint density at radius 3 is 2.64 bits per heavy atom. The fraction of sp³-hybridized carbons (Fsp3) is 0.632. The van der Waals surface area contributed by atoms with E-state index in [0.717, 1.165) is 12.8 Å². The van der Waals surface area contributed by atoms with Gasteiger partial charge in [-0.2, -0.15) is 0 Å². The van der Waals surface area contributed by atoms with Crippen LogP contribution >= 0.6 is 0 Å². The molecule has 0 saturated heterocycles. The van der Waals surface area contributed by atoms with E-state index >= 15 is 0 Å². The second-order valence-electron chi connectivity index (χ2n) is 7.16. The van der Waals surface area contributed by atoms with Crippen molar-refractivity contribution in [1.82, 2.24) is 10.6 Å². The number of hydrogen-bond acceptors (Lipinski definition) is 5. The summed E-state index contributed by atoms with van der Waals surface area (Å²) in [6.45, 7) is 0.253. The molecular weight excluding hydrogens is 320 g/mol. The zero-order valence-corrected chi connectivity index (χ0v) is 14.5. The number of rotatable bonds is 6. The molecule has 136 valence electrons. The Hall–Kier alpha value is -1.95. The molecular formula is C19H26N2O4. The van der Waals surface area contributed by atoms with Crippen molar-refractivity contribution in [2.24, 2.45) is 0 Å². The third kappa shape index (κ3) is 4.00. The smallest absolute Gasteiger partial charge is 0.258 e. The lowest BCUT2D eigenvalue weighted by Crippen LogP contribution is -2.59. The third-order valence-electron chi connectivity index (χ3n) is 5.39. The van der Waals surface area contributed by atoms with Crippen LogP contribution in [0.1, 0.15) is 44.9 Å². The molecule has 6 heteroatoms. The SMILES string of the molecule is O=C(COc1ccc2c(c1)OCO2)NC1CCC1NC1CCCCC1. The number of amides is 1. The Morgan fingerprint density at radius 1 is 1.04 bits per heavy atom. The molecule has 1 heterocycles. The molecule has 25 heavy (non-hydrogen) atoms.